The molecule has 1 saturated carbocycles. The summed E-state index contributed by atoms with van der Waals surface area (Å²) in [7, 11) is -4.06. The van der Waals surface area contributed by atoms with Gasteiger partial charge in [0.15, 0.2) is 14.6 Å². The fourth-order valence-corrected chi connectivity index (χ4v) is 4.51. The Morgan fingerprint density at radius 1 is 1.30 bits per heavy atom. The second kappa shape index (κ2) is 5.01. The Morgan fingerprint density at radius 2 is 1.90 bits per heavy atom. The van der Waals surface area contributed by atoms with Gasteiger partial charge in [-0.05, 0) is 31.4 Å². The van der Waals surface area contributed by atoms with Crippen molar-refractivity contribution >= 4 is 21.6 Å². The van der Waals surface area contributed by atoms with Crippen LogP contribution in [0.15, 0.2) is 35.2 Å². The van der Waals surface area contributed by atoms with Crippen molar-refractivity contribution in [2.75, 3.05) is 0 Å². The van der Waals surface area contributed by atoms with E-state index in [1.54, 1.807) is 18.2 Å². The van der Waals surface area contributed by atoms with Gasteiger partial charge in [-0.25, -0.2) is 8.42 Å². The lowest BCUT2D eigenvalue weighted by Gasteiger charge is -2.30. The third kappa shape index (κ3) is 2.14. The maximum atomic E-state index is 12.7. The first-order valence-corrected chi connectivity index (χ1v) is 7.83. The molecule has 5 nitrogen and oxygen atoms in total. The second-order valence-electron chi connectivity index (χ2n) is 5.21. The van der Waals surface area contributed by atoms with Gasteiger partial charge in [0, 0.05) is 12.8 Å². The van der Waals surface area contributed by atoms with Gasteiger partial charge in [0.1, 0.15) is 5.78 Å². The van der Waals surface area contributed by atoms with Gasteiger partial charge >= 0.3 is 5.97 Å². The van der Waals surface area contributed by atoms with Gasteiger partial charge in [-0.2, -0.15) is 0 Å². The lowest BCUT2D eigenvalue weighted by Crippen LogP contribution is -2.49. The summed E-state index contributed by atoms with van der Waals surface area (Å²) >= 11 is 0. The van der Waals surface area contributed by atoms with Crippen LogP contribution >= 0.6 is 0 Å². The summed E-state index contributed by atoms with van der Waals surface area (Å²) in [5, 5.41) is 9.49. The molecule has 0 saturated heterocycles. The molecule has 1 aliphatic carbocycles. The van der Waals surface area contributed by atoms with Crippen LogP contribution in [0.5, 0.6) is 0 Å². The molecule has 0 amide bonds. The van der Waals surface area contributed by atoms with E-state index in [1.165, 1.54) is 19.1 Å². The molecule has 0 aromatic heterocycles. The number of carboxylic acids is 1. The first-order chi connectivity index (χ1) is 9.30. The number of Topliss-reactive ketones (excluding diaryl/α,β-unsaturated/α-hetero) is 1. The molecule has 6 heteroatoms. The van der Waals surface area contributed by atoms with E-state index in [0.29, 0.717) is 6.42 Å². The summed E-state index contributed by atoms with van der Waals surface area (Å²) in [6.07, 6.45) is 0.556. The van der Waals surface area contributed by atoms with Crippen molar-refractivity contribution < 1.29 is 23.1 Å². The van der Waals surface area contributed by atoms with Gasteiger partial charge in [0.05, 0.1) is 4.90 Å². The Hall–Kier alpha value is -1.69. The highest BCUT2D eigenvalue weighted by atomic mass is 32.2. The molecule has 1 aromatic carbocycles. The van der Waals surface area contributed by atoms with Crippen molar-refractivity contribution in [3.8, 4) is 0 Å². The van der Waals surface area contributed by atoms with E-state index in [4.69, 9.17) is 0 Å². The summed E-state index contributed by atoms with van der Waals surface area (Å²) in [5.74, 6) is -2.16. The Bertz CT molecular complexity index is 635. The monoisotopic (exact) mass is 296 g/mol. The van der Waals surface area contributed by atoms with Gasteiger partial charge in [-0.1, -0.05) is 18.2 Å². The first kappa shape index (κ1) is 14.7. The topological polar surface area (TPSA) is 88.5 Å². The molecule has 1 aliphatic rings. The number of carbonyl (C=O) groups is 2. The smallest absolute Gasteiger partial charge is 0.325 e. The maximum absolute atomic E-state index is 12.7. The Morgan fingerprint density at radius 3 is 2.35 bits per heavy atom. The largest absolute Gasteiger partial charge is 0.480 e. The Labute approximate surface area is 117 Å². The Balaban J connectivity index is 2.54. The van der Waals surface area contributed by atoms with Gasteiger partial charge in [0.2, 0.25) is 0 Å². The zero-order valence-electron chi connectivity index (χ0n) is 11.1. The van der Waals surface area contributed by atoms with Crippen LogP contribution in [0, 0.1) is 5.92 Å². The van der Waals surface area contributed by atoms with Crippen molar-refractivity contribution in [1.82, 2.24) is 0 Å². The number of carbonyl (C=O) groups excluding carboxylic acids is 1. The number of benzene rings is 1. The SMILES string of the molecule is CC(C(=O)O)(C1CCC(=O)C1)S(=O)(=O)c1ccccc1. The van der Waals surface area contributed by atoms with Crippen LogP contribution in [0.4, 0.5) is 0 Å². The minimum absolute atomic E-state index is 0.00879. The first-order valence-electron chi connectivity index (χ1n) is 6.35. The molecular weight excluding hydrogens is 280 g/mol. The van der Waals surface area contributed by atoms with Crippen molar-refractivity contribution in [3.63, 3.8) is 0 Å². The summed E-state index contributed by atoms with van der Waals surface area (Å²) in [5.41, 5.74) is 0. The molecule has 2 rings (SSSR count). The van der Waals surface area contributed by atoms with Crippen LogP contribution < -0.4 is 0 Å². The molecule has 0 spiro atoms. The molecule has 0 aliphatic heterocycles. The standard InChI is InChI=1S/C14H16O5S/c1-14(13(16)17,10-7-8-11(15)9-10)20(18,19)12-5-3-2-4-6-12/h2-6,10H,7-9H2,1H3,(H,16,17). The highest BCUT2D eigenvalue weighted by Crippen LogP contribution is 2.40. The number of rotatable bonds is 4. The highest BCUT2D eigenvalue weighted by molar-refractivity contribution is 7.93. The normalized spacial score (nSPS) is 22.4. The number of hydrogen-bond acceptors (Lipinski definition) is 4. The summed E-state index contributed by atoms with van der Waals surface area (Å²) in [6.45, 7) is 1.21. The average Bonchev–Trinajstić information content (AvgIpc) is 2.85. The molecule has 0 bridgehead atoms. The van der Waals surface area contributed by atoms with Crippen molar-refractivity contribution in [1.29, 1.82) is 0 Å². The number of carboxylic acid groups (broad SMARTS) is 1. The van der Waals surface area contributed by atoms with Gasteiger partial charge in [-0.3, -0.25) is 9.59 Å². The van der Waals surface area contributed by atoms with Crippen LogP contribution in [-0.4, -0.2) is 30.0 Å². The molecular formula is C14H16O5S. The quantitative estimate of drug-likeness (QED) is 0.913. The Kier molecular flexibility index (Phi) is 3.69. The maximum Gasteiger partial charge on any atom is 0.325 e. The van der Waals surface area contributed by atoms with Crippen LogP contribution in [0.25, 0.3) is 0 Å². The molecule has 0 radical (unpaired) electrons. The van der Waals surface area contributed by atoms with E-state index in [2.05, 4.69) is 0 Å². The third-order valence-electron chi connectivity index (χ3n) is 4.06. The average molecular weight is 296 g/mol. The molecule has 0 heterocycles. The van der Waals surface area contributed by atoms with E-state index in [0.717, 1.165) is 0 Å². The summed E-state index contributed by atoms with van der Waals surface area (Å²) in [4.78, 5) is 23.0. The zero-order chi connectivity index (χ0) is 15.0. The van der Waals surface area contributed by atoms with E-state index in [-0.39, 0.29) is 23.5 Å². The fraction of sp³-hybridized carbons (Fsp3) is 0.429. The van der Waals surface area contributed by atoms with Crippen molar-refractivity contribution in [2.24, 2.45) is 5.92 Å². The second-order valence-corrected chi connectivity index (χ2v) is 7.53. The summed E-state index contributed by atoms with van der Waals surface area (Å²) < 4.78 is 23.4. The van der Waals surface area contributed by atoms with Gasteiger partial charge in [0.25, 0.3) is 0 Å². The zero-order valence-corrected chi connectivity index (χ0v) is 11.9. The van der Waals surface area contributed by atoms with E-state index in [9.17, 15) is 23.1 Å². The van der Waals surface area contributed by atoms with Crippen LogP contribution in [-0.2, 0) is 19.4 Å². The number of aliphatic carboxylic acids is 1. The number of ketones is 1. The molecule has 20 heavy (non-hydrogen) atoms. The van der Waals surface area contributed by atoms with Crippen molar-refractivity contribution in [2.45, 2.75) is 35.8 Å². The molecule has 2 unspecified atom stereocenters. The summed E-state index contributed by atoms with van der Waals surface area (Å²) in [6, 6.07) is 7.53. The van der Waals surface area contributed by atoms with E-state index in [1.807, 2.05) is 0 Å². The third-order valence-corrected chi connectivity index (χ3v) is 6.58. The predicted molar refractivity (Wildman–Crippen MR) is 72.0 cm³/mol. The molecule has 1 N–H and O–H groups in total. The highest BCUT2D eigenvalue weighted by Gasteiger charge is 2.54. The molecule has 108 valence electrons. The van der Waals surface area contributed by atoms with Crippen molar-refractivity contribution in [3.05, 3.63) is 30.3 Å². The van der Waals surface area contributed by atoms with Crippen LogP contribution in [0.3, 0.4) is 0 Å². The molecule has 1 aromatic rings. The van der Waals surface area contributed by atoms with Crippen LogP contribution in [0.1, 0.15) is 26.2 Å². The molecule has 1 fully saturated rings. The van der Waals surface area contributed by atoms with E-state index >= 15 is 0 Å². The number of sulfone groups is 1. The molecule has 2 atom stereocenters. The minimum atomic E-state index is -4.06. The lowest BCUT2D eigenvalue weighted by atomic mass is 9.91. The lowest BCUT2D eigenvalue weighted by molar-refractivity contribution is -0.141. The fourth-order valence-electron chi connectivity index (χ4n) is 2.64. The van der Waals surface area contributed by atoms with E-state index < -0.39 is 26.5 Å². The van der Waals surface area contributed by atoms with Crippen LogP contribution in [0.2, 0.25) is 0 Å². The van der Waals surface area contributed by atoms with Gasteiger partial charge in [-0.15, -0.1) is 0 Å². The number of hydrogen-bond donors (Lipinski definition) is 1. The van der Waals surface area contributed by atoms with Gasteiger partial charge < -0.3 is 5.11 Å². The minimum Gasteiger partial charge on any atom is -0.480 e. The predicted octanol–water partition coefficient (Wildman–Crippen LogP) is 1.67.